The maximum atomic E-state index is 12.3. The number of carbonyl (C=O) groups is 2. The van der Waals surface area contributed by atoms with Crippen LogP contribution in [0.25, 0.3) is 0 Å². The van der Waals surface area contributed by atoms with Gasteiger partial charge < -0.3 is 10.6 Å². The molecule has 3 N–H and O–H groups in total. The minimum absolute atomic E-state index is 0.0562. The van der Waals surface area contributed by atoms with Crippen LogP contribution in [0, 0.1) is 5.92 Å². The number of nitrogens with one attached hydrogen (secondary N) is 3. The van der Waals surface area contributed by atoms with E-state index in [0.29, 0.717) is 18.7 Å². The smallest absolute Gasteiger partial charge is 0.251 e. The van der Waals surface area contributed by atoms with Gasteiger partial charge in [0.25, 0.3) is 5.91 Å². The van der Waals surface area contributed by atoms with Crippen LogP contribution in [0.15, 0.2) is 53.4 Å². The fraction of sp³-hybridized carbons (Fsp3) is 0.300. The Kier molecular flexibility index (Phi) is 6.11. The Morgan fingerprint density at radius 1 is 1.00 bits per heavy atom. The highest BCUT2D eigenvalue weighted by Gasteiger charge is 2.29. The number of hydrogen-bond acceptors (Lipinski definition) is 4. The van der Waals surface area contributed by atoms with Gasteiger partial charge in [-0.1, -0.05) is 19.1 Å². The van der Waals surface area contributed by atoms with E-state index in [1.54, 1.807) is 6.92 Å². The number of anilines is 1. The van der Waals surface area contributed by atoms with Crippen LogP contribution in [0.5, 0.6) is 0 Å². The Morgan fingerprint density at radius 2 is 1.64 bits per heavy atom. The summed E-state index contributed by atoms with van der Waals surface area (Å²) in [6.07, 6.45) is 1.91. The SMILES string of the molecule is CCNS(=O)(=O)c1ccc(C(=O)NCc2ccc(NC(=O)C3CC3)cc2)cc1. The minimum Gasteiger partial charge on any atom is -0.348 e. The quantitative estimate of drug-likeness (QED) is 0.631. The van der Waals surface area contributed by atoms with Crippen molar-refractivity contribution in [1.29, 1.82) is 0 Å². The Balaban J connectivity index is 1.54. The second-order valence-electron chi connectivity index (χ2n) is 6.67. The average molecular weight is 401 g/mol. The molecule has 148 valence electrons. The lowest BCUT2D eigenvalue weighted by molar-refractivity contribution is -0.117. The van der Waals surface area contributed by atoms with Gasteiger partial charge >= 0.3 is 0 Å². The van der Waals surface area contributed by atoms with Crippen LogP contribution in [-0.4, -0.2) is 26.8 Å². The molecule has 0 atom stereocenters. The van der Waals surface area contributed by atoms with Crippen LogP contribution in [0.2, 0.25) is 0 Å². The van der Waals surface area contributed by atoms with Gasteiger partial charge in [0.1, 0.15) is 0 Å². The van der Waals surface area contributed by atoms with E-state index >= 15 is 0 Å². The van der Waals surface area contributed by atoms with Crippen molar-refractivity contribution in [3.63, 3.8) is 0 Å². The third-order valence-corrected chi connectivity index (χ3v) is 5.95. The lowest BCUT2D eigenvalue weighted by atomic mass is 10.2. The highest BCUT2D eigenvalue weighted by Crippen LogP contribution is 2.30. The predicted molar refractivity (Wildman–Crippen MR) is 106 cm³/mol. The molecule has 8 heteroatoms. The standard InChI is InChI=1S/C20H23N3O4S/c1-2-22-28(26,27)18-11-7-15(8-12-18)19(24)21-13-14-3-9-17(10-4-14)23-20(25)16-5-6-16/h3-4,7-12,16,22H,2,5-6,13H2,1H3,(H,21,24)(H,23,25). The maximum Gasteiger partial charge on any atom is 0.251 e. The molecule has 1 aliphatic carbocycles. The monoisotopic (exact) mass is 401 g/mol. The molecule has 0 aliphatic heterocycles. The van der Waals surface area contributed by atoms with Crippen LogP contribution in [0.3, 0.4) is 0 Å². The molecule has 0 bridgehead atoms. The number of sulfonamides is 1. The van der Waals surface area contributed by atoms with Gasteiger partial charge in [0, 0.05) is 30.3 Å². The van der Waals surface area contributed by atoms with Gasteiger partial charge in [-0.15, -0.1) is 0 Å². The second-order valence-corrected chi connectivity index (χ2v) is 8.44. The molecule has 0 aromatic heterocycles. The summed E-state index contributed by atoms with van der Waals surface area (Å²) >= 11 is 0. The van der Waals surface area contributed by atoms with Crippen molar-refractivity contribution in [2.75, 3.05) is 11.9 Å². The zero-order chi connectivity index (χ0) is 20.1. The summed E-state index contributed by atoms with van der Waals surface area (Å²) < 4.78 is 26.2. The largest absolute Gasteiger partial charge is 0.348 e. The molecule has 0 radical (unpaired) electrons. The van der Waals surface area contributed by atoms with Gasteiger partial charge in [-0.25, -0.2) is 13.1 Å². The summed E-state index contributed by atoms with van der Waals surface area (Å²) in [5, 5.41) is 5.66. The lowest BCUT2D eigenvalue weighted by Gasteiger charge is -2.09. The molecule has 3 rings (SSSR count). The molecule has 2 aromatic carbocycles. The molecule has 0 spiro atoms. The van der Waals surface area contributed by atoms with Gasteiger partial charge in [-0.3, -0.25) is 9.59 Å². The zero-order valence-corrected chi connectivity index (χ0v) is 16.4. The maximum absolute atomic E-state index is 12.3. The molecular weight excluding hydrogens is 378 g/mol. The van der Waals surface area contributed by atoms with Crippen LogP contribution >= 0.6 is 0 Å². The Morgan fingerprint density at radius 3 is 2.21 bits per heavy atom. The van der Waals surface area contributed by atoms with Crippen LogP contribution < -0.4 is 15.4 Å². The minimum atomic E-state index is -3.53. The number of benzene rings is 2. The second kappa shape index (κ2) is 8.53. The van der Waals surface area contributed by atoms with Crippen molar-refractivity contribution < 1.29 is 18.0 Å². The van der Waals surface area contributed by atoms with E-state index in [1.165, 1.54) is 24.3 Å². The van der Waals surface area contributed by atoms with Gasteiger partial charge in [-0.05, 0) is 54.8 Å². The molecule has 7 nitrogen and oxygen atoms in total. The first kappa shape index (κ1) is 20.0. The summed E-state index contributed by atoms with van der Waals surface area (Å²) in [6.45, 7) is 2.33. The molecule has 0 unspecified atom stereocenters. The lowest BCUT2D eigenvalue weighted by Crippen LogP contribution is -2.24. The van der Waals surface area contributed by atoms with E-state index in [2.05, 4.69) is 15.4 Å². The number of hydrogen-bond donors (Lipinski definition) is 3. The normalized spacial score (nSPS) is 13.8. The van der Waals surface area contributed by atoms with Crippen molar-refractivity contribution in [1.82, 2.24) is 10.0 Å². The van der Waals surface area contributed by atoms with E-state index in [4.69, 9.17) is 0 Å². The average Bonchev–Trinajstić information content (AvgIpc) is 3.53. The summed E-state index contributed by atoms with van der Waals surface area (Å²) in [6, 6.07) is 13.1. The molecular formula is C20H23N3O4S. The van der Waals surface area contributed by atoms with Crippen molar-refractivity contribution in [2.45, 2.75) is 31.2 Å². The van der Waals surface area contributed by atoms with Gasteiger partial charge in [-0.2, -0.15) is 0 Å². The Hall–Kier alpha value is -2.71. The first-order valence-electron chi connectivity index (χ1n) is 9.17. The predicted octanol–water partition coefficient (Wildman–Crippen LogP) is 2.26. The van der Waals surface area contributed by atoms with Crippen LogP contribution in [-0.2, 0) is 21.4 Å². The molecule has 2 amide bonds. The molecule has 0 saturated heterocycles. The molecule has 2 aromatic rings. The number of carbonyl (C=O) groups excluding carboxylic acids is 2. The van der Waals surface area contributed by atoms with Gasteiger partial charge in [0.2, 0.25) is 15.9 Å². The fourth-order valence-electron chi connectivity index (χ4n) is 2.64. The fourth-order valence-corrected chi connectivity index (χ4v) is 3.68. The van der Waals surface area contributed by atoms with E-state index in [0.717, 1.165) is 24.1 Å². The Labute approximate surface area is 164 Å². The highest BCUT2D eigenvalue weighted by atomic mass is 32.2. The molecule has 1 aliphatic rings. The summed E-state index contributed by atoms with van der Waals surface area (Å²) in [5.41, 5.74) is 2.01. The third kappa shape index (κ3) is 5.17. The first-order valence-corrected chi connectivity index (χ1v) is 10.6. The van der Waals surface area contributed by atoms with Crippen LogP contribution in [0.4, 0.5) is 5.69 Å². The highest BCUT2D eigenvalue weighted by molar-refractivity contribution is 7.89. The van der Waals surface area contributed by atoms with E-state index in [9.17, 15) is 18.0 Å². The summed E-state index contributed by atoms with van der Waals surface area (Å²) in [5.74, 6) is -0.0859. The van der Waals surface area contributed by atoms with Crippen molar-refractivity contribution in [2.24, 2.45) is 5.92 Å². The topological polar surface area (TPSA) is 104 Å². The van der Waals surface area contributed by atoms with Crippen molar-refractivity contribution >= 4 is 27.5 Å². The van der Waals surface area contributed by atoms with Crippen molar-refractivity contribution in [3.8, 4) is 0 Å². The van der Waals surface area contributed by atoms with Gasteiger partial charge in [0.15, 0.2) is 0 Å². The van der Waals surface area contributed by atoms with Crippen LogP contribution in [0.1, 0.15) is 35.7 Å². The van der Waals surface area contributed by atoms with E-state index in [1.807, 2.05) is 24.3 Å². The molecule has 1 fully saturated rings. The van der Waals surface area contributed by atoms with Crippen molar-refractivity contribution in [3.05, 3.63) is 59.7 Å². The molecule has 1 saturated carbocycles. The molecule has 28 heavy (non-hydrogen) atoms. The number of rotatable bonds is 8. The zero-order valence-electron chi connectivity index (χ0n) is 15.6. The van der Waals surface area contributed by atoms with E-state index < -0.39 is 10.0 Å². The van der Waals surface area contributed by atoms with Gasteiger partial charge in [0.05, 0.1) is 4.90 Å². The van der Waals surface area contributed by atoms with E-state index in [-0.39, 0.29) is 22.6 Å². The summed E-state index contributed by atoms with van der Waals surface area (Å²) in [7, 11) is -3.53. The first-order chi connectivity index (χ1) is 13.4. The Bertz CT molecular complexity index is 950. The molecule has 0 heterocycles. The summed E-state index contributed by atoms with van der Waals surface area (Å²) in [4.78, 5) is 24.1. The number of amides is 2. The third-order valence-electron chi connectivity index (χ3n) is 4.38.